The van der Waals surface area contributed by atoms with Gasteiger partial charge in [0.2, 0.25) is 0 Å². The van der Waals surface area contributed by atoms with E-state index in [1.165, 1.54) is 12.1 Å². The first-order valence-corrected chi connectivity index (χ1v) is 7.54. The lowest BCUT2D eigenvalue weighted by molar-refractivity contribution is -0.384. The van der Waals surface area contributed by atoms with Crippen molar-refractivity contribution in [2.45, 2.75) is 33.2 Å². The van der Waals surface area contributed by atoms with Crippen LogP contribution in [-0.2, 0) is 4.74 Å². The van der Waals surface area contributed by atoms with Gasteiger partial charge in [0.15, 0.2) is 0 Å². The molecule has 1 aromatic carbocycles. The first-order valence-electron chi connectivity index (χ1n) is 7.54. The molecule has 1 heterocycles. The number of carbonyl (C=O) groups is 1. The maximum Gasteiger partial charge on any atom is 0.338 e. The molecule has 1 aromatic rings. The molecule has 0 aliphatic carbocycles. The average Bonchev–Trinajstić information content (AvgIpc) is 3.02. The molecule has 0 spiro atoms. The Morgan fingerprint density at radius 3 is 2.77 bits per heavy atom. The van der Waals surface area contributed by atoms with Crippen molar-refractivity contribution in [1.82, 2.24) is 5.32 Å². The largest absolute Gasteiger partial charge is 0.462 e. The first kappa shape index (κ1) is 17.9. The van der Waals surface area contributed by atoms with E-state index in [1.807, 2.05) is 13.8 Å². The van der Waals surface area contributed by atoms with Gasteiger partial charge in [-0.1, -0.05) is 13.8 Å². The Kier molecular flexibility index (Phi) is 7.31. The molecule has 0 aromatic heterocycles. The maximum atomic E-state index is 11.6. The Balaban J connectivity index is 0.00000116. The van der Waals surface area contributed by atoms with Gasteiger partial charge in [-0.2, -0.15) is 0 Å². The smallest absolute Gasteiger partial charge is 0.338 e. The summed E-state index contributed by atoms with van der Waals surface area (Å²) in [5.41, 5.74) is 0.507. The summed E-state index contributed by atoms with van der Waals surface area (Å²) in [5, 5.41) is 17.4. The summed E-state index contributed by atoms with van der Waals surface area (Å²) in [6.45, 7) is 7.60. The third kappa shape index (κ3) is 4.70. The summed E-state index contributed by atoms with van der Waals surface area (Å²) in [5.74, 6) is -0.551. The first-order chi connectivity index (χ1) is 10.6. The van der Waals surface area contributed by atoms with Gasteiger partial charge in [-0.25, -0.2) is 4.79 Å². The Hall–Kier alpha value is -2.15. The highest BCUT2D eigenvalue weighted by Crippen LogP contribution is 2.27. The van der Waals surface area contributed by atoms with Gasteiger partial charge < -0.3 is 15.4 Å². The van der Waals surface area contributed by atoms with E-state index >= 15 is 0 Å². The number of nitro benzene ring substituents is 1. The van der Waals surface area contributed by atoms with Crippen LogP contribution in [0.25, 0.3) is 0 Å². The van der Waals surface area contributed by atoms with Crippen LogP contribution in [0.4, 0.5) is 11.4 Å². The Labute approximate surface area is 130 Å². The molecule has 1 atom stereocenters. The second kappa shape index (κ2) is 8.99. The monoisotopic (exact) mass is 309 g/mol. The van der Waals surface area contributed by atoms with Crippen molar-refractivity contribution < 1.29 is 14.5 Å². The summed E-state index contributed by atoms with van der Waals surface area (Å²) in [6, 6.07) is 4.52. The third-order valence-corrected chi connectivity index (χ3v) is 3.13. The second-order valence-corrected chi connectivity index (χ2v) is 4.54. The lowest BCUT2D eigenvalue weighted by atomic mass is 10.1. The second-order valence-electron chi connectivity index (χ2n) is 4.54. The predicted molar refractivity (Wildman–Crippen MR) is 85.3 cm³/mol. The van der Waals surface area contributed by atoms with Gasteiger partial charge >= 0.3 is 5.97 Å². The van der Waals surface area contributed by atoms with Crippen molar-refractivity contribution in [1.29, 1.82) is 0 Å². The Bertz CT molecular complexity index is 514. The molecule has 0 bridgehead atoms. The lowest BCUT2D eigenvalue weighted by Gasteiger charge is -2.13. The lowest BCUT2D eigenvalue weighted by Crippen LogP contribution is -2.22. The van der Waals surface area contributed by atoms with E-state index in [0.717, 1.165) is 19.5 Å². The van der Waals surface area contributed by atoms with Crippen molar-refractivity contribution in [2.75, 3.05) is 25.0 Å². The number of esters is 1. The van der Waals surface area contributed by atoms with Crippen molar-refractivity contribution in [3.05, 3.63) is 33.9 Å². The van der Waals surface area contributed by atoms with Crippen LogP contribution in [0, 0.1) is 10.1 Å². The Morgan fingerprint density at radius 1 is 1.50 bits per heavy atom. The summed E-state index contributed by atoms with van der Waals surface area (Å²) in [6.07, 6.45) is 0.913. The van der Waals surface area contributed by atoms with E-state index in [2.05, 4.69) is 10.6 Å². The standard InChI is InChI=1S/C13H17N3O4.C2H6/c1-2-20-13(17)9-3-4-11(12(7-9)16(18)19)15-10-5-6-14-8-10;1-2/h3-4,7,10,14-15H,2,5-6,8H2,1H3;1-2H3. The average molecular weight is 309 g/mol. The summed E-state index contributed by atoms with van der Waals surface area (Å²) in [7, 11) is 0. The molecular weight excluding hydrogens is 286 g/mol. The van der Waals surface area contributed by atoms with Crippen molar-refractivity contribution in [3.8, 4) is 0 Å². The zero-order chi connectivity index (χ0) is 16.5. The van der Waals surface area contributed by atoms with Crippen LogP contribution < -0.4 is 10.6 Å². The number of benzene rings is 1. The minimum absolute atomic E-state index is 0.109. The molecule has 0 radical (unpaired) electrons. The highest BCUT2D eigenvalue weighted by atomic mass is 16.6. The van der Waals surface area contributed by atoms with E-state index in [9.17, 15) is 14.9 Å². The minimum Gasteiger partial charge on any atom is -0.462 e. The van der Waals surface area contributed by atoms with Crippen LogP contribution in [0.3, 0.4) is 0 Å². The molecule has 1 saturated heterocycles. The predicted octanol–water partition coefficient (Wildman–Crippen LogP) is 2.57. The molecule has 22 heavy (non-hydrogen) atoms. The number of nitrogens with zero attached hydrogens (tertiary/aromatic N) is 1. The molecule has 2 N–H and O–H groups in total. The molecular formula is C15H23N3O4. The highest BCUT2D eigenvalue weighted by Gasteiger charge is 2.21. The molecule has 0 saturated carbocycles. The molecule has 2 rings (SSSR count). The summed E-state index contributed by atoms with van der Waals surface area (Å²) < 4.78 is 4.84. The van der Waals surface area contributed by atoms with Gasteiger partial charge in [0.1, 0.15) is 5.69 Å². The summed E-state index contributed by atoms with van der Waals surface area (Å²) in [4.78, 5) is 22.2. The summed E-state index contributed by atoms with van der Waals surface area (Å²) >= 11 is 0. The fraction of sp³-hybridized carbons (Fsp3) is 0.533. The molecule has 0 amide bonds. The molecule has 1 aliphatic heterocycles. The number of carbonyl (C=O) groups excluding carboxylic acids is 1. The molecule has 1 fully saturated rings. The van der Waals surface area contributed by atoms with E-state index < -0.39 is 10.9 Å². The van der Waals surface area contributed by atoms with E-state index in [1.54, 1.807) is 13.0 Å². The SMILES string of the molecule is CC.CCOC(=O)c1ccc(NC2CCNC2)c([N+](=O)[O-])c1. The van der Waals surface area contributed by atoms with Crippen LogP contribution >= 0.6 is 0 Å². The van der Waals surface area contributed by atoms with Crippen LogP contribution in [-0.4, -0.2) is 36.6 Å². The van der Waals surface area contributed by atoms with Gasteiger partial charge in [-0.05, 0) is 32.0 Å². The van der Waals surface area contributed by atoms with E-state index in [4.69, 9.17) is 4.74 Å². The molecule has 1 unspecified atom stereocenters. The van der Waals surface area contributed by atoms with Crippen LogP contribution in [0.2, 0.25) is 0 Å². The van der Waals surface area contributed by atoms with E-state index in [-0.39, 0.29) is 23.9 Å². The van der Waals surface area contributed by atoms with Gasteiger partial charge in [-0.3, -0.25) is 10.1 Å². The van der Waals surface area contributed by atoms with Gasteiger partial charge in [-0.15, -0.1) is 0 Å². The topological polar surface area (TPSA) is 93.5 Å². The van der Waals surface area contributed by atoms with Crippen LogP contribution in [0.1, 0.15) is 37.6 Å². The van der Waals surface area contributed by atoms with Gasteiger partial charge in [0.25, 0.3) is 5.69 Å². The molecule has 7 nitrogen and oxygen atoms in total. The van der Waals surface area contributed by atoms with Crippen LogP contribution in [0.5, 0.6) is 0 Å². The van der Waals surface area contributed by atoms with Crippen LogP contribution in [0.15, 0.2) is 18.2 Å². The number of hydrogen-bond acceptors (Lipinski definition) is 6. The minimum atomic E-state index is -0.551. The highest BCUT2D eigenvalue weighted by molar-refractivity contribution is 5.91. The van der Waals surface area contributed by atoms with Crippen molar-refractivity contribution >= 4 is 17.3 Å². The molecule has 7 heteroatoms. The van der Waals surface area contributed by atoms with Gasteiger partial charge in [0.05, 0.1) is 17.1 Å². The molecule has 1 aliphatic rings. The van der Waals surface area contributed by atoms with Gasteiger partial charge in [0, 0.05) is 18.7 Å². The van der Waals surface area contributed by atoms with Crippen molar-refractivity contribution in [2.24, 2.45) is 0 Å². The fourth-order valence-corrected chi connectivity index (χ4v) is 2.14. The molecule has 122 valence electrons. The fourth-order valence-electron chi connectivity index (χ4n) is 2.14. The maximum absolute atomic E-state index is 11.6. The third-order valence-electron chi connectivity index (χ3n) is 3.13. The zero-order valence-corrected chi connectivity index (χ0v) is 13.2. The van der Waals surface area contributed by atoms with E-state index in [0.29, 0.717) is 5.69 Å². The number of rotatable bonds is 5. The van der Waals surface area contributed by atoms with Crippen molar-refractivity contribution in [3.63, 3.8) is 0 Å². The Morgan fingerprint density at radius 2 is 2.23 bits per heavy atom. The number of nitro groups is 1. The quantitative estimate of drug-likeness (QED) is 0.493. The number of anilines is 1. The normalized spacial score (nSPS) is 16.4. The number of nitrogens with one attached hydrogen (secondary N) is 2. The number of ether oxygens (including phenoxy) is 1. The number of hydrogen-bond donors (Lipinski definition) is 2. The zero-order valence-electron chi connectivity index (χ0n) is 13.2.